The predicted molar refractivity (Wildman–Crippen MR) is 73.7 cm³/mol. The van der Waals surface area contributed by atoms with Crippen molar-refractivity contribution < 1.29 is 14.0 Å². The number of allylic oxidation sites excluding steroid dienone is 2. The van der Waals surface area contributed by atoms with Crippen LogP contribution in [0.1, 0.15) is 12.8 Å². The van der Waals surface area contributed by atoms with Crippen LogP contribution in [0.2, 0.25) is 0 Å². The van der Waals surface area contributed by atoms with Crippen LogP contribution in [0.5, 0.6) is 0 Å². The maximum atomic E-state index is 14.0. The molecule has 0 unspecified atom stereocenters. The van der Waals surface area contributed by atoms with Gasteiger partial charge in [0, 0.05) is 0 Å². The van der Waals surface area contributed by atoms with E-state index in [0.717, 1.165) is 17.7 Å². The molecule has 0 N–H and O–H groups in total. The van der Waals surface area contributed by atoms with Crippen molar-refractivity contribution in [2.45, 2.75) is 12.8 Å². The molecular formula is C17H14FNO2. The van der Waals surface area contributed by atoms with Gasteiger partial charge in [0.25, 0.3) is 0 Å². The number of benzene rings is 1. The summed E-state index contributed by atoms with van der Waals surface area (Å²) < 4.78 is 14.0. The summed E-state index contributed by atoms with van der Waals surface area (Å²) in [6.07, 6.45) is 6.47. The van der Waals surface area contributed by atoms with Gasteiger partial charge in [-0.3, -0.25) is 9.59 Å². The van der Waals surface area contributed by atoms with E-state index in [1.807, 2.05) is 0 Å². The highest BCUT2D eigenvalue weighted by Crippen LogP contribution is 2.73. The number of anilines is 1. The van der Waals surface area contributed by atoms with Crippen LogP contribution in [-0.4, -0.2) is 11.8 Å². The molecular weight excluding hydrogens is 269 g/mol. The quantitative estimate of drug-likeness (QED) is 0.586. The zero-order chi connectivity index (χ0) is 14.4. The van der Waals surface area contributed by atoms with Gasteiger partial charge in [-0.15, -0.1) is 0 Å². The molecule has 21 heavy (non-hydrogen) atoms. The van der Waals surface area contributed by atoms with E-state index in [-0.39, 0.29) is 46.6 Å². The molecule has 1 aromatic carbocycles. The minimum absolute atomic E-state index is 0.103. The maximum Gasteiger partial charge on any atom is 0.238 e. The lowest BCUT2D eigenvalue weighted by Crippen LogP contribution is -2.35. The van der Waals surface area contributed by atoms with Crippen LogP contribution in [0.4, 0.5) is 10.1 Å². The number of rotatable bonds is 1. The first-order valence-corrected chi connectivity index (χ1v) is 7.46. The van der Waals surface area contributed by atoms with Crippen molar-refractivity contribution >= 4 is 17.5 Å². The average Bonchev–Trinajstić information content (AvgIpc) is 3.07. The Balaban J connectivity index is 1.61. The molecule has 4 heteroatoms. The third-order valence-corrected chi connectivity index (χ3v) is 5.95. The predicted octanol–water partition coefficient (Wildman–Crippen LogP) is 2.53. The lowest BCUT2D eigenvalue weighted by atomic mass is 9.85. The van der Waals surface area contributed by atoms with Gasteiger partial charge >= 0.3 is 0 Å². The Morgan fingerprint density at radius 2 is 1.57 bits per heavy atom. The number of imide groups is 1. The first kappa shape index (κ1) is 11.7. The van der Waals surface area contributed by atoms with E-state index >= 15 is 0 Å². The first-order chi connectivity index (χ1) is 10.1. The minimum Gasteiger partial charge on any atom is -0.274 e. The van der Waals surface area contributed by atoms with E-state index in [1.165, 1.54) is 12.1 Å². The number of halogens is 1. The number of para-hydroxylation sites is 1. The maximum absolute atomic E-state index is 14.0. The zero-order valence-corrected chi connectivity index (χ0v) is 11.3. The highest BCUT2D eigenvalue weighted by Gasteiger charge is 2.73. The van der Waals surface area contributed by atoms with Crippen molar-refractivity contribution in [1.82, 2.24) is 0 Å². The van der Waals surface area contributed by atoms with Gasteiger partial charge in [-0.25, -0.2) is 9.29 Å². The van der Waals surface area contributed by atoms with Gasteiger partial charge in [-0.2, -0.15) is 0 Å². The Kier molecular flexibility index (Phi) is 1.91. The fourth-order valence-corrected chi connectivity index (χ4v) is 4.95. The van der Waals surface area contributed by atoms with Crippen LogP contribution in [-0.2, 0) is 9.59 Å². The molecule has 1 spiro atoms. The lowest BCUT2D eigenvalue weighted by molar-refractivity contribution is -0.123. The highest BCUT2D eigenvalue weighted by atomic mass is 19.1. The highest BCUT2D eigenvalue weighted by molar-refractivity contribution is 6.23. The molecule has 2 saturated carbocycles. The van der Waals surface area contributed by atoms with E-state index in [4.69, 9.17) is 0 Å². The number of fused-ring (bicyclic) bond motifs is 3. The molecule has 1 saturated heterocycles. The van der Waals surface area contributed by atoms with Crippen LogP contribution in [0.25, 0.3) is 0 Å². The van der Waals surface area contributed by atoms with Gasteiger partial charge in [0.05, 0.1) is 17.5 Å². The molecule has 4 aliphatic rings. The molecule has 2 bridgehead atoms. The van der Waals surface area contributed by atoms with Gasteiger partial charge in [0.15, 0.2) is 0 Å². The Labute approximate surface area is 121 Å². The number of hydrogen-bond acceptors (Lipinski definition) is 2. The molecule has 0 aromatic heterocycles. The van der Waals surface area contributed by atoms with E-state index in [2.05, 4.69) is 12.2 Å². The van der Waals surface area contributed by atoms with Gasteiger partial charge in [-0.1, -0.05) is 24.3 Å². The summed E-state index contributed by atoms with van der Waals surface area (Å²) in [7, 11) is 0. The van der Waals surface area contributed by atoms with Crippen molar-refractivity contribution in [1.29, 1.82) is 0 Å². The molecule has 106 valence electrons. The zero-order valence-electron chi connectivity index (χ0n) is 11.3. The summed E-state index contributed by atoms with van der Waals surface area (Å²) in [6, 6.07) is 6.02. The second kappa shape index (κ2) is 3.43. The first-order valence-electron chi connectivity index (χ1n) is 7.46. The van der Waals surface area contributed by atoms with E-state index in [0.29, 0.717) is 0 Å². The molecule has 0 radical (unpaired) electrons. The fourth-order valence-electron chi connectivity index (χ4n) is 4.95. The SMILES string of the molecule is O=C1[C@@H]2[C@H](C(=O)N1c1ccccc1F)[C@@H]1C=C[C@H]2C12CC2. The number of nitrogens with zero attached hydrogens (tertiary/aromatic N) is 1. The van der Waals surface area contributed by atoms with Crippen LogP contribution in [0.3, 0.4) is 0 Å². The van der Waals surface area contributed by atoms with E-state index in [1.54, 1.807) is 12.1 Å². The van der Waals surface area contributed by atoms with Crippen molar-refractivity contribution in [3.8, 4) is 0 Å². The number of hydrogen-bond donors (Lipinski definition) is 0. The summed E-state index contributed by atoms with van der Waals surface area (Å²) in [5.41, 5.74) is 0.285. The van der Waals surface area contributed by atoms with Crippen molar-refractivity contribution in [2.75, 3.05) is 4.90 Å². The topological polar surface area (TPSA) is 37.4 Å². The Bertz CT molecular complexity index is 687. The summed E-state index contributed by atoms with van der Waals surface area (Å²) in [4.78, 5) is 26.6. The molecule has 3 aliphatic carbocycles. The summed E-state index contributed by atoms with van der Waals surface area (Å²) in [5.74, 6) is -1.11. The Morgan fingerprint density at radius 1 is 1.00 bits per heavy atom. The molecule has 3 nitrogen and oxygen atoms in total. The average molecular weight is 283 g/mol. The molecule has 2 amide bonds. The van der Waals surface area contributed by atoms with Crippen LogP contribution >= 0.6 is 0 Å². The largest absolute Gasteiger partial charge is 0.274 e. The van der Waals surface area contributed by atoms with Gasteiger partial charge in [-0.05, 0) is 42.2 Å². The number of carbonyl (C=O) groups excluding carboxylic acids is 2. The summed E-state index contributed by atoms with van der Waals surface area (Å²) >= 11 is 0. The van der Waals surface area contributed by atoms with Crippen LogP contribution in [0.15, 0.2) is 36.4 Å². The van der Waals surface area contributed by atoms with Gasteiger partial charge in [0.1, 0.15) is 5.82 Å². The molecule has 5 rings (SSSR count). The monoisotopic (exact) mass is 283 g/mol. The third-order valence-electron chi connectivity index (χ3n) is 5.95. The van der Waals surface area contributed by atoms with E-state index in [9.17, 15) is 14.0 Å². The van der Waals surface area contributed by atoms with E-state index < -0.39 is 5.82 Å². The molecule has 1 heterocycles. The smallest absolute Gasteiger partial charge is 0.238 e. The lowest BCUT2D eigenvalue weighted by Gasteiger charge is -2.21. The standard InChI is InChI=1S/C17H14FNO2/c18-11-3-1-2-4-12(11)19-15(20)13-9-5-6-10(14(13)16(19)21)17(9)7-8-17/h1-6,9-10,13-14H,7-8H2/t9-,10+,13+,14-. The second-order valence-electron chi connectivity index (χ2n) is 6.68. The van der Waals surface area contributed by atoms with Gasteiger partial charge < -0.3 is 0 Å². The molecule has 4 atom stereocenters. The molecule has 3 fully saturated rings. The summed E-state index contributed by atoms with van der Waals surface area (Å²) in [5, 5.41) is 0. The number of amides is 2. The summed E-state index contributed by atoms with van der Waals surface area (Å²) in [6.45, 7) is 0. The third kappa shape index (κ3) is 1.17. The molecule has 1 aromatic rings. The van der Waals surface area contributed by atoms with Crippen molar-refractivity contribution in [3.63, 3.8) is 0 Å². The normalized spacial score (nSPS) is 37.7. The number of carbonyl (C=O) groups is 2. The fraction of sp³-hybridized carbons (Fsp3) is 0.412. The van der Waals surface area contributed by atoms with Crippen molar-refractivity contribution in [2.24, 2.45) is 29.1 Å². The van der Waals surface area contributed by atoms with Gasteiger partial charge in [0.2, 0.25) is 11.8 Å². The minimum atomic E-state index is -0.513. The second-order valence-corrected chi connectivity index (χ2v) is 6.68. The molecule has 1 aliphatic heterocycles. The van der Waals surface area contributed by atoms with Crippen molar-refractivity contribution in [3.05, 3.63) is 42.2 Å². The Morgan fingerprint density at radius 3 is 2.10 bits per heavy atom. The Hall–Kier alpha value is -1.97. The van der Waals surface area contributed by atoms with Crippen LogP contribution in [0, 0.1) is 34.9 Å². The van der Waals surface area contributed by atoms with Crippen LogP contribution < -0.4 is 4.90 Å².